The molecular weight excluding hydrogens is 360 g/mol. The minimum atomic E-state index is -0.422. The number of carbonyl (C=O) groups is 1. The number of likely N-dealkylation sites (tertiary alicyclic amines) is 1. The van der Waals surface area contributed by atoms with Gasteiger partial charge in [-0.1, -0.05) is 0 Å². The van der Waals surface area contributed by atoms with Crippen LogP contribution in [0.2, 0.25) is 5.28 Å². The molecule has 2 aliphatic rings. The topological polar surface area (TPSA) is 58.6 Å². The molecule has 3 heterocycles. The van der Waals surface area contributed by atoms with Crippen LogP contribution in [0.25, 0.3) is 0 Å². The largest absolute Gasteiger partial charge is 0.444 e. The molecule has 2 aliphatic heterocycles. The van der Waals surface area contributed by atoms with Gasteiger partial charge in [-0.25, -0.2) is 4.79 Å². The Morgan fingerprint density at radius 1 is 1.12 bits per heavy atom. The number of hydrogen-bond donors (Lipinski definition) is 0. The van der Waals surface area contributed by atoms with Crippen molar-refractivity contribution >= 4 is 34.4 Å². The van der Waals surface area contributed by atoms with Crippen LogP contribution in [0.1, 0.15) is 46.5 Å². The molecule has 0 bridgehead atoms. The first-order chi connectivity index (χ1) is 11.8. The molecule has 8 heteroatoms. The van der Waals surface area contributed by atoms with Gasteiger partial charge in [-0.3, -0.25) is 0 Å². The van der Waals surface area contributed by atoms with Crippen LogP contribution in [-0.2, 0) is 4.74 Å². The van der Waals surface area contributed by atoms with Crippen LogP contribution in [0.4, 0.5) is 9.93 Å². The SMILES string of the molecule is CC(C)(C)OC(=O)N1CCC(C2CCN(c3nc(Cl)ns3)CC2)CC1. The van der Waals surface area contributed by atoms with E-state index in [1.54, 1.807) is 0 Å². The summed E-state index contributed by atoms with van der Waals surface area (Å²) in [6.07, 6.45) is 4.33. The Morgan fingerprint density at radius 3 is 2.16 bits per heavy atom. The molecule has 0 aromatic carbocycles. The third kappa shape index (κ3) is 4.97. The molecule has 3 rings (SSSR count). The summed E-state index contributed by atoms with van der Waals surface area (Å²) in [6.45, 7) is 9.40. The van der Waals surface area contributed by atoms with Crippen LogP contribution in [0.5, 0.6) is 0 Å². The Bertz CT molecular complexity index is 588. The predicted octanol–water partition coefficient (Wildman–Crippen LogP) is 4.06. The molecule has 140 valence electrons. The van der Waals surface area contributed by atoms with E-state index in [9.17, 15) is 4.79 Å². The zero-order valence-corrected chi connectivity index (χ0v) is 16.8. The second kappa shape index (κ2) is 7.66. The lowest BCUT2D eigenvalue weighted by atomic mass is 9.79. The van der Waals surface area contributed by atoms with Gasteiger partial charge >= 0.3 is 6.09 Å². The molecule has 6 nitrogen and oxygen atoms in total. The van der Waals surface area contributed by atoms with Crippen LogP contribution < -0.4 is 4.90 Å². The number of rotatable bonds is 2. The van der Waals surface area contributed by atoms with E-state index < -0.39 is 5.60 Å². The number of anilines is 1. The Morgan fingerprint density at radius 2 is 1.68 bits per heavy atom. The van der Waals surface area contributed by atoms with Crippen molar-refractivity contribution in [2.75, 3.05) is 31.1 Å². The third-order valence-electron chi connectivity index (χ3n) is 5.06. The number of piperidine rings is 2. The van der Waals surface area contributed by atoms with Crippen molar-refractivity contribution in [1.82, 2.24) is 14.3 Å². The Kier molecular flexibility index (Phi) is 5.73. The summed E-state index contributed by atoms with van der Waals surface area (Å²) >= 11 is 7.20. The number of hydrogen-bond acceptors (Lipinski definition) is 6. The predicted molar refractivity (Wildman–Crippen MR) is 100 cm³/mol. The molecule has 0 radical (unpaired) electrons. The monoisotopic (exact) mass is 386 g/mol. The highest BCUT2D eigenvalue weighted by Crippen LogP contribution is 2.34. The van der Waals surface area contributed by atoms with Gasteiger partial charge in [0.15, 0.2) is 0 Å². The molecule has 0 spiro atoms. The van der Waals surface area contributed by atoms with Crippen molar-refractivity contribution < 1.29 is 9.53 Å². The molecule has 0 aliphatic carbocycles. The normalized spacial score (nSPS) is 20.8. The van der Waals surface area contributed by atoms with Crippen LogP contribution in [-0.4, -0.2) is 52.1 Å². The van der Waals surface area contributed by atoms with Crippen molar-refractivity contribution in [3.63, 3.8) is 0 Å². The standard InChI is InChI=1S/C17H27ClN4O2S/c1-17(2,3)24-16(23)22-10-6-13(7-11-22)12-4-8-21(9-5-12)15-19-14(18)20-25-15/h12-13H,4-11H2,1-3H3. The highest BCUT2D eigenvalue weighted by atomic mass is 35.5. The fourth-order valence-corrected chi connectivity index (χ4v) is 4.63. The average molecular weight is 387 g/mol. The van der Waals surface area contributed by atoms with Crippen LogP contribution in [0.15, 0.2) is 0 Å². The molecular formula is C17H27ClN4O2S. The second-order valence-electron chi connectivity index (χ2n) is 7.98. The second-order valence-corrected chi connectivity index (χ2v) is 9.04. The first kappa shape index (κ1) is 18.7. The molecule has 2 fully saturated rings. The summed E-state index contributed by atoms with van der Waals surface area (Å²) in [7, 11) is 0. The number of aromatic nitrogens is 2. The van der Waals surface area contributed by atoms with E-state index in [0.717, 1.165) is 50.1 Å². The molecule has 0 N–H and O–H groups in total. The number of amides is 1. The zero-order chi connectivity index (χ0) is 18.0. The molecule has 2 saturated heterocycles. The van der Waals surface area contributed by atoms with Gasteiger partial charge in [0.25, 0.3) is 0 Å². The van der Waals surface area contributed by atoms with Gasteiger partial charge in [0.2, 0.25) is 10.4 Å². The van der Waals surface area contributed by atoms with E-state index in [0.29, 0.717) is 11.2 Å². The van der Waals surface area contributed by atoms with E-state index >= 15 is 0 Å². The van der Waals surface area contributed by atoms with E-state index in [1.807, 2.05) is 25.7 Å². The van der Waals surface area contributed by atoms with E-state index in [1.165, 1.54) is 24.4 Å². The minimum absolute atomic E-state index is 0.172. The molecule has 25 heavy (non-hydrogen) atoms. The smallest absolute Gasteiger partial charge is 0.410 e. The maximum atomic E-state index is 12.2. The molecule has 1 aromatic heterocycles. The summed E-state index contributed by atoms with van der Waals surface area (Å²) < 4.78 is 9.54. The van der Waals surface area contributed by atoms with Crippen LogP contribution >= 0.6 is 23.1 Å². The lowest BCUT2D eigenvalue weighted by Gasteiger charge is -2.40. The highest BCUT2D eigenvalue weighted by molar-refractivity contribution is 7.10. The Hall–Kier alpha value is -1.08. The van der Waals surface area contributed by atoms with Gasteiger partial charge in [0, 0.05) is 37.7 Å². The van der Waals surface area contributed by atoms with Crippen LogP contribution in [0.3, 0.4) is 0 Å². The highest BCUT2D eigenvalue weighted by Gasteiger charge is 2.32. The van der Waals surface area contributed by atoms with Gasteiger partial charge in [0.05, 0.1) is 0 Å². The lowest BCUT2D eigenvalue weighted by molar-refractivity contribution is 0.0152. The maximum Gasteiger partial charge on any atom is 0.410 e. The summed E-state index contributed by atoms with van der Waals surface area (Å²) in [5.41, 5.74) is -0.422. The fourth-order valence-electron chi connectivity index (χ4n) is 3.77. The van der Waals surface area contributed by atoms with E-state index in [-0.39, 0.29) is 6.09 Å². The van der Waals surface area contributed by atoms with Gasteiger partial charge in [-0.05, 0) is 69.9 Å². The van der Waals surface area contributed by atoms with Crippen molar-refractivity contribution in [3.8, 4) is 0 Å². The number of carbonyl (C=O) groups excluding carboxylic acids is 1. The molecule has 0 unspecified atom stereocenters. The summed E-state index contributed by atoms with van der Waals surface area (Å²) in [4.78, 5) is 20.6. The first-order valence-electron chi connectivity index (χ1n) is 9.04. The lowest BCUT2D eigenvalue weighted by Crippen LogP contribution is -2.44. The Balaban J connectivity index is 1.44. The maximum absolute atomic E-state index is 12.2. The number of nitrogens with zero attached hydrogens (tertiary/aromatic N) is 4. The molecule has 0 saturated carbocycles. The van der Waals surface area contributed by atoms with Gasteiger partial charge in [-0.2, -0.15) is 9.36 Å². The average Bonchev–Trinajstić information content (AvgIpc) is 3.00. The van der Waals surface area contributed by atoms with Crippen molar-refractivity contribution in [3.05, 3.63) is 5.28 Å². The van der Waals surface area contributed by atoms with Gasteiger partial charge < -0.3 is 14.5 Å². The molecule has 0 atom stereocenters. The number of halogens is 1. The molecule has 1 aromatic rings. The first-order valence-corrected chi connectivity index (χ1v) is 10.2. The zero-order valence-electron chi connectivity index (χ0n) is 15.2. The summed E-state index contributed by atoms with van der Waals surface area (Å²) in [5, 5.41) is 1.28. The van der Waals surface area contributed by atoms with Crippen molar-refractivity contribution in [1.29, 1.82) is 0 Å². The minimum Gasteiger partial charge on any atom is -0.444 e. The van der Waals surface area contributed by atoms with Crippen molar-refractivity contribution in [2.24, 2.45) is 11.8 Å². The quantitative estimate of drug-likeness (QED) is 0.767. The van der Waals surface area contributed by atoms with Gasteiger partial charge in [-0.15, -0.1) is 0 Å². The van der Waals surface area contributed by atoms with Gasteiger partial charge in [0.1, 0.15) is 5.60 Å². The van der Waals surface area contributed by atoms with Crippen molar-refractivity contribution in [2.45, 2.75) is 52.1 Å². The van der Waals surface area contributed by atoms with E-state index in [4.69, 9.17) is 16.3 Å². The number of ether oxygens (including phenoxy) is 1. The summed E-state index contributed by atoms with van der Waals surface area (Å²) in [6, 6.07) is 0. The van der Waals surface area contributed by atoms with E-state index in [2.05, 4.69) is 14.3 Å². The Labute approximate surface area is 158 Å². The molecule has 1 amide bonds. The third-order valence-corrected chi connectivity index (χ3v) is 6.10. The van der Waals surface area contributed by atoms with Crippen LogP contribution in [0, 0.1) is 11.8 Å². The fraction of sp³-hybridized carbons (Fsp3) is 0.824. The summed E-state index contributed by atoms with van der Waals surface area (Å²) in [5.74, 6) is 1.44.